The van der Waals surface area contributed by atoms with Gasteiger partial charge >= 0.3 is 5.97 Å². The Bertz CT molecular complexity index is 778. The number of allylic oxidation sites excluding steroid dienone is 5. The van der Waals surface area contributed by atoms with E-state index in [1.54, 1.807) is 13.2 Å². The summed E-state index contributed by atoms with van der Waals surface area (Å²) in [5, 5.41) is 9.92. The standard InChI is InChI=1S/C25H34O4/c1-18(8-5-9-19(2)11-7-13-22-14-15-28-17-22)10-6-12-20(3)16-23-24(26)21(4)25(27)29-23/h5,8-9,12,14-15,17-18,23,26H,6-7,10-11,13,16H2,1-4H3/b8-5+,19-9+,20-12+/t18?,23-/m0/s1. The van der Waals surface area contributed by atoms with Gasteiger partial charge in [-0.2, -0.15) is 0 Å². The lowest BCUT2D eigenvalue weighted by molar-refractivity contribution is -0.140. The van der Waals surface area contributed by atoms with Crippen LogP contribution in [0.2, 0.25) is 0 Å². The minimum atomic E-state index is -0.516. The number of carbonyl (C=O) groups excluding carboxylic acids is 1. The van der Waals surface area contributed by atoms with E-state index in [1.807, 2.05) is 19.3 Å². The molecule has 158 valence electrons. The molecule has 1 aliphatic heterocycles. The molecule has 4 nitrogen and oxygen atoms in total. The van der Waals surface area contributed by atoms with Gasteiger partial charge in [0.1, 0.15) is 5.76 Å². The maximum absolute atomic E-state index is 11.5. The van der Waals surface area contributed by atoms with Crippen molar-refractivity contribution in [2.45, 2.75) is 72.3 Å². The Labute approximate surface area is 174 Å². The number of ether oxygens (including phenoxy) is 1. The molecule has 2 rings (SSSR count). The molecule has 1 aliphatic rings. The summed E-state index contributed by atoms with van der Waals surface area (Å²) in [6.45, 7) is 8.02. The molecule has 0 radical (unpaired) electrons. The normalized spacial score (nSPS) is 19.3. The molecule has 0 saturated carbocycles. The van der Waals surface area contributed by atoms with Crippen molar-refractivity contribution >= 4 is 5.97 Å². The highest BCUT2D eigenvalue weighted by Gasteiger charge is 2.31. The van der Waals surface area contributed by atoms with E-state index in [2.05, 4.69) is 38.2 Å². The third-order valence-corrected chi connectivity index (χ3v) is 5.30. The zero-order valence-electron chi connectivity index (χ0n) is 18.1. The Morgan fingerprint density at radius 3 is 2.76 bits per heavy atom. The Balaban J connectivity index is 1.65. The third kappa shape index (κ3) is 7.80. The predicted octanol–water partition coefficient (Wildman–Crippen LogP) is 6.61. The first-order chi connectivity index (χ1) is 13.9. The zero-order valence-corrected chi connectivity index (χ0v) is 18.1. The fourth-order valence-electron chi connectivity index (χ4n) is 3.32. The van der Waals surface area contributed by atoms with Crippen LogP contribution in [0.25, 0.3) is 0 Å². The van der Waals surface area contributed by atoms with Gasteiger partial charge in [-0.15, -0.1) is 0 Å². The van der Waals surface area contributed by atoms with Crippen LogP contribution < -0.4 is 0 Å². The monoisotopic (exact) mass is 398 g/mol. The predicted molar refractivity (Wildman–Crippen MR) is 117 cm³/mol. The molecule has 1 aromatic rings. The highest BCUT2D eigenvalue weighted by Crippen LogP contribution is 2.25. The number of aryl methyl sites for hydroxylation is 1. The topological polar surface area (TPSA) is 59.7 Å². The van der Waals surface area contributed by atoms with E-state index in [0.717, 1.165) is 37.7 Å². The molecule has 29 heavy (non-hydrogen) atoms. The van der Waals surface area contributed by atoms with Crippen molar-refractivity contribution < 1.29 is 19.1 Å². The summed E-state index contributed by atoms with van der Waals surface area (Å²) in [4.78, 5) is 11.5. The van der Waals surface area contributed by atoms with Crippen molar-refractivity contribution in [1.82, 2.24) is 0 Å². The molecule has 0 aliphatic carbocycles. The van der Waals surface area contributed by atoms with Crippen LogP contribution in [0.4, 0.5) is 0 Å². The molecule has 0 fully saturated rings. The number of cyclic esters (lactones) is 1. The number of aliphatic hydroxyl groups is 1. The Morgan fingerprint density at radius 1 is 1.31 bits per heavy atom. The first-order valence-electron chi connectivity index (χ1n) is 10.5. The zero-order chi connectivity index (χ0) is 21.2. The SMILES string of the molecule is CC1=C(O)[C@H](C/C(C)=C/CCC(C)/C=C/C=C(\C)CCCc2ccoc2)OC1=O. The minimum absolute atomic E-state index is 0.0750. The van der Waals surface area contributed by atoms with E-state index in [0.29, 0.717) is 17.9 Å². The highest BCUT2D eigenvalue weighted by atomic mass is 16.6. The summed E-state index contributed by atoms with van der Waals surface area (Å²) < 4.78 is 10.3. The van der Waals surface area contributed by atoms with Crippen molar-refractivity contribution in [1.29, 1.82) is 0 Å². The van der Waals surface area contributed by atoms with Crippen LogP contribution in [0.15, 0.2) is 69.8 Å². The van der Waals surface area contributed by atoms with Gasteiger partial charge in [-0.3, -0.25) is 0 Å². The van der Waals surface area contributed by atoms with Crippen molar-refractivity contribution in [3.63, 3.8) is 0 Å². The van der Waals surface area contributed by atoms with Gasteiger partial charge in [-0.05, 0) is 70.4 Å². The van der Waals surface area contributed by atoms with E-state index in [9.17, 15) is 9.90 Å². The summed E-state index contributed by atoms with van der Waals surface area (Å²) in [6.07, 6.45) is 17.7. The maximum atomic E-state index is 11.5. The van der Waals surface area contributed by atoms with Crippen molar-refractivity contribution in [3.05, 3.63) is 70.9 Å². The number of furan rings is 1. The first-order valence-corrected chi connectivity index (χ1v) is 10.5. The first kappa shape index (κ1) is 22.8. The molecule has 1 unspecified atom stereocenters. The molecule has 0 bridgehead atoms. The van der Waals surface area contributed by atoms with Gasteiger partial charge in [0.25, 0.3) is 0 Å². The molecule has 0 saturated heterocycles. The Morgan fingerprint density at radius 2 is 2.10 bits per heavy atom. The van der Waals surface area contributed by atoms with Crippen LogP contribution in [-0.2, 0) is 16.0 Å². The lowest BCUT2D eigenvalue weighted by atomic mass is 10.0. The lowest BCUT2D eigenvalue weighted by Gasteiger charge is -2.11. The van der Waals surface area contributed by atoms with E-state index >= 15 is 0 Å². The van der Waals surface area contributed by atoms with E-state index < -0.39 is 12.1 Å². The van der Waals surface area contributed by atoms with Gasteiger partial charge in [-0.1, -0.05) is 42.4 Å². The van der Waals surface area contributed by atoms with Crippen molar-refractivity contribution in [2.24, 2.45) is 5.92 Å². The van der Waals surface area contributed by atoms with Crippen LogP contribution in [0, 0.1) is 5.92 Å². The lowest BCUT2D eigenvalue weighted by Crippen LogP contribution is -2.12. The quantitative estimate of drug-likeness (QED) is 0.259. The van der Waals surface area contributed by atoms with E-state index in [-0.39, 0.29) is 5.76 Å². The van der Waals surface area contributed by atoms with E-state index in [1.165, 1.54) is 11.1 Å². The summed E-state index contributed by atoms with van der Waals surface area (Å²) in [6, 6.07) is 2.03. The second-order valence-electron chi connectivity index (χ2n) is 8.10. The van der Waals surface area contributed by atoms with Crippen LogP contribution in [-0.4, -0.2) is 17.2 Å². The summed E-state index contributed by atoms with van der Waals surface area (Å²) in [5.41, 5.74) is 4.11. The smallest absolute Gasteiger partial charge is 0.338 e. The summed E-state index contributed by atoms with van der Waals surface area (Å²) >= 11 is 0. The molecular weight excluding hydrogens is 364 g/mol. The van der Waals surface area contributed by atoms with Gasteiger partial charge in [-0.25, -0.2) is 4.79 Å². The fraction of sp³-hybridized carbons (Fsp3) is 0.480. The molecular formula is C25H34O4. The van der Waals surface area contributed by atoms with Crippen LogP contribution in [0.5, 0.6) is 0 Å². The Hall–Kier alpha value is -2.49. The van der Waals surface area contributed by atoms with Gasteiger partial charge in [0.05, 0.1) is 18.1 Å². The highest BCUT2D eigenvalue weighted by molar-refractivity contribution is 5.91. The van der Waals surface area contributed by atoms with Gasteiger partial charge < -0.3 is 14.3 Å². The fourth-order valence-corrected chi connectivity index (χ4v) is 3.32. The third-order valence-electron chi connectivity index (χ3n) is 5.30. The number of hydrogen-bond acceptors (Lipinski definition) is 4. The average molecular weight is 399 g/mol. The number of rotatable bonds is 11. The molecule has 1 N–H and O–H groups in total. The number of carbonyl (C=O) groups is 1. The second-order valence-corrected chi connectivity index (χ2v) is 8.10. The molecule has 4 heteroatoms. The van der Waals surface area contributed by atoms with Crippen LogP contribution >= 0.6 is 0 Å². The average Bonchev–Trinajstić information content (AvgIpc) is 3.27. The van der Waals surface area contributed by atoms with Crippen LogP contribution in [0.1, 0.15) is 65.4 Å². The molecule has 1 aromatic heterocycles. The van der Waals surface area contributed by atoms with Crippen molar-refractivity contribution in [3.8, 4) is 0 Å². The molecule has 0 aromatic carbocycles. The van der Waals surface area contributed by atoms with Gasteiger partial charge in [0.15, 0.2) is 6.10 Å². The maximum Gasteiger partial charge on any atom is 0.338 e. The largest absolute Gasteiger partial charge is 0.508 e. The van der Waals surface area contributed by atoms with Gasteiger partial charge in [0.2, 0.25) is 0 Å². The summed E-state index contributed by atoms with van der Waals surface area (Å²) in [7, 11) is 0. The number of aliphatic hydroxyl groups excluding tert-OH is 1. The second kappa shape index (κ2) is 11.5. The minimum Gasteiger partial charge on any atom is -0.508 e. The molecule has 2 atom stereocenters. The molecule has 0 amide bonds. The summed E-state index contributed by atoms with van der Waals surface area (Å²) in [5.74, 6) is 0.156. The molecule has 0 spiro atoms. The molecule has 2 heterocycles. The van der Waals surface area contributed by atoms with Gasteiger partial charge in [0, 0.05) is 6.42 Å². The number of hydrogen-bond donors (Lipinski definition) is 1. The van der Waals surface area contributed by atoms with Crippen LogP contribution in [0.3, 0.4) is 0 Å². The number of esters is 1. The Kier molecular flexibility index (Phi) is 9.04. The van der Waals surface area contributed by atoms with Crippen molar-refractivity contribution in [2.75, 3.05) is 0 Å². The van der Waals surface area contributed by atoms with E-state index in [4.69, 9.17) is 9.15 Å².